The van der Waals surface area contributed by atoms with Crippen LogP contribution in [0.4, 0.5) is 51.1 Å². The molecular weight excluding hydrogens is 751 g/mol. The number of pyridine rings is 1. The van der Waals surface area contributed by atoms with Crippen molar-refractivity contribution in [2.45, 2.75) is 63.6 Å². The third-order valence-electron chi connectivity index (χ3n) is 6.70. The number of fused-ring (bicyclic) bond motifs is 1. The lowest BCUT2D eigenvalue weighted by molar-refractivity contribution is -0.339. The predicted octanol–water partition coefficient (Wildman–Crippen LogP) is 7.16. The Labute approximate surface area is 300 Å². The number of aliphatic carboxylic acids is 1. The van der Waals surface area contributed by atoms with E-state index >= 15 is 0 Å². The minimum Gasteiger partial charge on any atom is -0.483 e. The molecule has 1 atom stereocenters. The molecule has 1 aromatic carbocycles. The number of halogens is 9. The Morgan fingerprint density at radius 2 is 1.39 bits per heavy atom. The summed E-state index contributed by atoms with van der Waals surface area (Å²) in [7, 11) is 0. The summed E-state index contributed by atoms with van der Waals surface area (Å²) in [5.74, 6) is -1.59. The Morgan fingerprint density at radius 1 is 0.852 bits per heavy atom. The summed E-state index contributed by atoms with van der Waals surface area (Å²) < 4.78 is 96.1. The van der Waals surface area contributed by atoms with Crippen LogP contribution in [0.1, 0.15) is 61.3 Å². The van der Waals surface area contributed by atoms with Crippen LogP contribution in [0.2, 0.25) is 0 Å². The third kappa shape index (κ3) is 14.6. The molecule has 13 nitrogen and oxygen atoms in total. The van der Waals surface area contributed by atoms with Gasteiger partial charge in [-0.25, -0.2) is 14.3 Å². The van der Waals surface area contributed by atoms with E-state index in [-0.39, 0.29) is 30.3 Å². The van der Waals surface area contributed by atoms with Crippen LogP contribution in [0.25, 0.3) is 5.65 Å². The van der Waals surface area contributed by atoms with E-state index in [9.17, 15) is 44.3 Å². The first-order valence-corrected chi connectivity index (χ1v) is 15.0. The van der Waals surface area contributed by atoms with Crippen molar-refractivity contribution >= 4 is 42.1 Å². The fourth-order valence-corrected chi connectivity index (χ4v) is 4.32. The van der Waals surface area contributed by atoms with Crippen LogP contribution >= 0.6 is 0 Å². The van der Waals surface area contributed by atoms with Crippen LogP contribution in [-0.2, 0) is 19.8 Å². The molecule has 296 valence electrons. The fraction of sp³-hybridized carbons (Fsp3) is 0.344. The van der Waals surface area contributed by atoms with E-state index in [0.717, 1.165) is 30.9 Å². The molecule has 1 amide bonds. The van der Waals surface area contributed by atoms with Crippen molar-refractivity contribution in [1.29, 1.82) is 0 Å². The number of hydrogen-bond donors (Lipinski definition) is 4. The second kappa shape index (κ2) is 19.8. The molecule has 4 aromatic rings. The Balaban J connectivity index is 0.000000572. The van der Waals surface area contributed by atoms with E-state index in [4.69, 9.17) is 34.8 Å². The predicted molar refractivity (Wildman–Crippen MR) is 173 cm³/mol. The standard InChI is InChI=1S/C26H28N6O.C2F6.C2HF3O2.2CH2O2/c1-26(2,3)19-11-9-18(10-12-19)25(33)29-22-17-32-23(28-22)13-14-24(30-32)31-16-6-8-21(31)20-7-4-5-15-27-20;3-1(4,5)2(6,7)8;3-2(4,5)1(6)7;2*2-1-3/h4-5,7,9-15,17,21H,6,8,16H2,1-3H3,(H,29,33);;(H,6,7);2*1H,(H,2,3). The van der Waals surface area contributed by atoms with E-state index < -0.39 is 24.5 Å². The van der Waals surface area contributed by atoms with E-state index in [2.05, 4.69) is 47.0 Å². The van der Waals surface area contributed by atoms with Gasteiger partial charge in [0.1, 0.15) is 5.82 Å². The largest absolute Gasteiger partial charge is 0.490 e. The highest BCUT2D eigenvalue weighted by Gasteiger charge is 2.58. The van der Waals surface area contributed by atoms with Gasteiger partial charge >= 0.3 is 24.5 Å². The Kier molecular flexibility index (Phi) is 16.9. The number of aromatic nitrogens is 4. The number of alkyl halides is 9. The highest BCUT2D eigenvalue weighted by molar-refractivity contribution is 6.03. The van der Waals surface area contributed by atoms with Crippen LogP contribution in [0.3, 0.4) is 0 Å². The van der Waals surface area contributed by atoms with Gasteiger partial charge in [-0.15, -0.1) is 5.10 Å². The number of anilines is 2. The molecule has 1 fully saturated rings. The summed E-state index contributed by atoms with van der Waals surface area (Å²) in [5.41, 5.74) is 3.59. The maximum atomic E-state index is 12.7. The molecule has 5 rings (SSSR count). The first kappa shape index (κ1) is 46.1. The van der Waals surface area contributed by atoms with E-state index in [1.807, 2.05) is 54.7 Å². The van der Waals surface area contributed by atoms with Gasteiger partial charge < -0.3 is 25.5 Å². The Bertz CT molecular complexity index is 1780. The number of hydrogen-bond acceptors (Lipinski definition) is 8. The van der Waals surface area contributed by atoms with Gasteiger partial charge in [0.15, 0.2) is 11.5 Å². The molecule has 1 aliphatic rings. The second-order valence-corrected chi connectivity index (χ2v) is 11.5. The lowest BCUT2D eigenvalue weighted by atomic mass is 9.87. The molecule has 1 saturated heterocycles. The number of rotatable bonds is 4. The van der Waals surface area contributed by atoms with Crippen LogP contribution in [0.5, 0.6) is 0 Å². The minimum atomic E-state index is -6.06. The Hall–Kier alpha value is -5.96. The van der Waals surface area contributed by atoms with Crippen LogP contribution < -0.4 is 10.2 Å². The third-order valence-corrected chi connectivity index (χ3v) is 6.70. The highest BCUT2D eigenvalue weighted by Crippen LogP contribution is 2.36. The monoisotopic (exact) mass is 784 g/mol. The Morgan fingerprint density at radius 3 is 1.83 bits per heavy atom. The van der Waals surface area contributed by atoms with Gasteiger partial charge in [-0.3, -0.25) is 19.4 Å². The SMILES string of the molecule is CC(C)(C)c1ccc(C(=O)Nc2cn3nc(N4CCCC4c4ccccn4)ccc3n2)cc1.FC(F)(F)C(F)(F)F.O=C(O)C(F)(F)F.O=CO.O=CO. The van der Waals surface area contributed by atoms with E-state index in [1.165, 1.54) is 5.56 Å². The molecule has 22 heteroatoms. The molecule has 0 bridgehead atoms. The zero-order chi connectivity index (χ0) is 41.5. The molecule has 0 radical (unpaired) electrons. The first-order chi connectivity index (χ1) is 24.9. The van der Waals surface area contributed by atoms with Gasteiger partial charge in [0.2, 0.25) is 0 Å². The number of carboxylic acid groups (broad SMARTS) is 3. The molecule has 1 aliphatic heterocycles. The molecule has 54 heavy (non-hydrogen) atoms. The molecule has 4 heterocycles. The van der Waals surface area contributed by atoms with Crippen molar-refractivity contribution < 1.29 is 74.0 Å². The second-order valence-electron chi connectivity index (χ2n) is 11.5. The summed E-state index contributed by atoms with van der Waals surface area (Å²) in [6.07, 6.45) is -11.5. The number of carboxylic acids is 1. The minimum absolute atomic E-state index is 0.0465. The quantitative estimate of drug-likeness (QED) is 0.121. The number of nitrogens with zero attached hydrogens (tertiary/aromatic N) is 5. The van der Waals surface area contributed by atoms with Gasteiger partial charge in [-0.2, -0.15) is 39.5 Å². The van der Waals surface area contributed by atoms with E-state index in [1.54, 1.807) is 10.7 Å². The lowest BCUT2D eigenvalue weighted by Crippen LogP contribution is -2.30. The van der Waals surface area contributed by atoms with E-state index in [0.29, 0.717) is 17.0 Å². The van der Waals surface area contributed by atoms with Crippen molar-refractivity contribution in [2.75, 3.05) is 16.8 Å². The van der Waals surface area contributed by atoms with Gasteiger partial charge in [0, 0.05) is 18.3 Å². The summed E-state index contributed by atoms with van der Waals surface area (Å²) in [6, 6.07) is 17.9. The summed E-state index contributed by atoms with van der Waals surface area (Å²) >= 11 is 0. The molecule has 0 saturated carbocycles. The fourth-order valence-electron chi connectivity index (χ4n) is 4.32. The van der Waals surface area contributed by atoms with Crippen LogP contribution in [0, 0.1) is 0 Å². The van der Waals surface area contributed by atoms with Crippen LogP contribution in [0.15, 0.2) is 67.0 Å². The first-order valence-electron chi connectivity index (χ1n) is 15.0. The van der Waals surface area contributed by atoms with Gasteiger partial charge in [-0.05, 0) is 60.2 Å². The van der Waals surface area contributed by atoms with Crippen molar-refractivity contribution in [1.82, 2.24) is 19.6 Å². The zero-order valence-corrected chi connectivity index (χ0v) is 28.3. The topological polar surface area (TPSA) is 187 Å². The zero-order valence-electron chi connectivity index (χ0n) is 28.3. The molecular formula is C32H33F9N6O7. The number of benzene rings is 1. The maximum absolute atomic E-state index is 12.7. The van der Waals surface area contributed by atoms with Gasteiger partial charge in [0.05, 0.1) is 17.9 Å². The van der Waals surface area contributed by atoms with Crippen molar-refractivity contribution in [3.63, 3.8) is 0 Å². The number of amides is 1. The van der Waals surface area contributed by atoms with Crippen molar-refractivity contribution in [3.05, 3.63) is 83.8 Å². The summed E-state index contributed by atoms with van der Waals surface area (Å²) in [6.45, 7) is 6.89. The van der Waals surface area contributed by atoms with Crippen molar-refractivity contribution in [3.8, 4) is 0 Å². The molecule has 4 N–H and O–H groups in total. The molecule has 0 aliphatic carbocycles. The normalized spacial score (nSPS) is 14.0. The molecule has 0 spiro atoms. The van der Waals surface area contributed by atoms with Crippen LogP contribution in [-0.4, -0.2) is 84.8 Å². The number of carbonyl (C=O) groups excluding carboxylic acids is 1. The maximum Gasteiger partial charge on any atom is 0.490 e. The smallest absolute Gasteiger partial charge is 0.483 e. The average molecular weight is 785 g/mol. The number of nitrogens with one attached hydrogen (secondary N) is 1. The van der Waals surface area contributed by atoms with Crippen molar-refractivity contribution in [2.24, 2.45) is 0 Å². The summed E-state index contributed by atoms with van der Waals surface area (Å²) in [5, 5.41) is 28.6. The highest BCUT2D eigenvalue weighted by atomic mass is 19.5. The number of imidazole rings is 1. The molecule has 3 aromatic heterocycles. The van der Waals surface area contributed by atoms with Gasteiger partial charge in [0.25, 0.3) is 18.9 Å². The number of carbonyl (C=O) groups is 4. The average Bonchev–Trinajstić information content (AvgIpc) is 3.72. The summed E-state index contributed by atoms with van der Waals surface area (Å²) in [4.78, 5) is 49.7. The van der Waals surface area contributed by atoms with Gasteiger partial charge in [-0.1, -0.05) is 39.0 Å². The molecule has 1 unspecified atom stereocenters. The lowest BCUT2D eigenvalue weighted by Gasteiger charge is -2.25.